The third kappa shape index (κ3) is 0.662. The van der Waals surface area contributed by atoms with Gasteiger partial charge in [-0.1, -0.05) is 6.07 Å². The highest BCUT2D eigenvalue weighted by atomic mass is 32.1. The molecule has 3 aromatic rings. The SMILES string of the molecule is c1cc2ccc3[nH]ncc3c2s1. The van der Waals surface area contributed by atoms with Crippen LogP contribution in [0, 0.1) is 0 Å². The van der Waals surface area contributed by atoms with Crippen molar-refractivity contribution >= 4 is 32.3 Å². The maximum absolute atomic E-state index is 4.01. The molecular weight excluding hydrogens is 168 g/mol. The van der Waals surface area contributed by atoms with Gasteiger partial charge in [0, 0.05) is 10.1 Å². The van der Waals surface area contributed by atoms with Crippen molar-refractivity contribution in [1.29, 1.82) is 0 Å². The molecule has 0 bridgehead atoms. The van der Waals surface area contributed by atoms with Crippen LogP contribution in [0.2, 0.25) is 0 Å². The number of aromatic amines is 1. The lowest BCUT2D eigenvalue weighted by atomic mass is 10.2. The van der Waals surface area contributed by atoms with Crippen molar-refractivity contribution in [1.82, 2.24) is 10.2 Å². The van der Waals surface area contributed by atoms with Gasteiger partial charge in [-0.2, -0.15) is 5.10 Å². The van der Waals surface area contributed by atoms with Crippen molar-refractivity contribution in [2.24, 2.45) is 0 Å². The van der Waals surface area contributed by atoms with Gasteiger partial charge in [0.05, 0.1) is 11.7 Å². The molecule has 0 unspecified atom stereocenters. The fourth-order valence-corrected chi connectivity index (χ4v) is 2.36. The number of aromatic nitrogens is 2. The van der Waals surface area contributed by atoms with Gasteiger partial charge in [-0.05, 0) is 22.9 Å². The van der Waals surface area contributed by atoms with Crippen LogP contribution in [-0.4, -0.2) is 10.2 Å². The number of nitrogens with one attached hydrogen (secondary N) is 1. The number of rotatable bonds is 0. The Hall–Kier alpha value is -1.35. The Kier molecular flexibility index (Phi) is 1.07. The van der Waals surface area contributed by atoms with E-state index < -0.39 is 0 Å². The summed E-state index contributed by atoms with van der Waals surface area (Å²) < 4.78 is 1.32. The summed E-state index contributed by atoms with van der Waals surface area (Å²) in [6.07, 6.45) is 1.88. The lowest BCUT2D eigenvalue weighted by molar-refractivity contribution is 1.12. The number of nitrogens with zero attached hydrogens (tertiary/aromatic N) is 1. The molecule has 0 saturated heterocycles. The second-order valence-corrected chi connectivity index (χ2v) is 3.65. The van der Waals surface area contributed by atoms with E-state index in [-0.39, 0.29) is 0 Å². The first kappa shape index (κ1) is 6.20. The minimum absolute atomic E-state index is 1.12. The van der Waals surface area contributed by atoms with Gasteiger partial charge in [0.15, 0.2) is 0 Å². The molecule has 12 heavy (non-hydrogen) atoms. The number of benzene rings is 1. The first-order chi connectivity index (χ1) is 5.95. The lowest BCUT2D eigenvalue weighted by Crippen LogP contribution is -1.66. The molecule has 2 aromatic heterocycles. The van der Waals surface area contributed by atoms with Crippen molar-refractivity contribution in [3.63, 3.8) is 0 Å². The fourth-order valence-electron chi connectivity index (χ4n) is 1.45. The van der Waals surface area contributed by atoms with Crippen LogP contribution < -0.4 is 0 Å². The van der Waals surface area contributed by atoms with Gasteiger partial charge >= 0.3 is 0 Å². The van der Waals surface area contributed by atoms with E-state index >= 15 is 0 Å². The Morgan fingerprint density at radius 3 is 3.25 bits per heavy atom. The molecule has 1 aromatic carbocycles. The minimum Gasteiger partial charge on any atom is -0.278 e. The highest BCUT2D eigenvalue weighted by Gasteiger charge is 2.01. The predicted molar refractivity (Wildman–Crippen MR) is 51.5 cm³/mol. The third-order valence-corrected chi connectivity index (χ3v) is 3.00. The van der Waals surface area contributed by atoms with Crippen LogP contribution in [0.1, 0.15) is 0 Å². The van der Waals surface area contributed by atoms with E-state index in [9.17, 15) is 0 Å². The number of fused-ring (bicyclic) bond motifs is 3. The topological polar surface area (TPSA) is 28.7 Å². The van der Waals surface area contributed by atoms with Gasteiger partial charge in [-0.3, -0.25) is 5.10 Å². The Morgan fingerprint density at radius 2 is 2.25 bits per heavy atom. The van der Waals surface area contributed by atoms with Gasteiger partial charge in [0.25, 0.3) is 0 Å². The van der Waals surface area contributed by atoms with E-state index in [1.807, 2.05) is 6.20 Å². The average molecular weight is 174 g/mol. The zero-order valence-corrected chi connectivity index (χ0v) is 7.06. The van der Waals surface area contributed by atoms with Crippen LogP contribution in [0.5, 0.6) is 0 Å². The molecule has 0 saturated carbocycles. The van der Waals surface area contributed by atoms with E-state index in [4.69, 9.17) is 0 Å². The van der Waals surface area contributed by atoms with Crippen LogP contribution in [0.3, 0.4) is 0 Å². The summed E-state index contributed by atoms with van der Waals surface area (Å²) in [5.74, 6) is 0. The smallest absolute Gasteiger partial charge is 0.0665 e. The molecule has 0 aliphatic rings. The summed E-state index contributed by atoms with van der Waals surface area (Å²) in [4.78, 5) is 0. The molecule has 0 atom stereocenters. The van der Waals surface area contributed by atoms with Gasteiger partial charge in [0.1, 0.15) is 0 Å². The molecule has 0 aliphatic heterocycles. The van der Waals surface area contributed by atoms with E-state index in [1.54, 1.807) is 11.3 Å². The Labute approximate surface area is 72.8 Å². The van der Waals surface area contributed by atoms with Gasteiger partial charge < -0.3 is 0 Å². The largest absolute Gasteiger partial charge is 0.278 e. The maximum Gasteiger partial charge on any atom is 0.0665 e. The summed E-state index contributed by atoms with van der Waals surface area (Å²) in [6, 6.07) is 6.32. The molecule has 1 N–H and O–H groups in total. The quantitative estimate of drug-likeness (QED) is 0.557. The zero-order chi connectivity index (χ0) is 7.97. The predicted octanol–water partition coefficient (Wildman–Crippen LogP) is 2.78. The van der Waals surface area contributed by atoms with Crippen molar-refractivity contribution in [3.8, 4) is 0 Å². The minimum atomic E-state index is 1.12. The lowest BCUT2D eigenvalue weighted by Gasteiger charge is -1.89. The number of hydrogen-bond donors (Lipinski definition) is 1. The first-order valence-corrected chi connectivity index (χ1v) is 4.62. The van der Waals surface area contributed by atoms with Crippen LogP contribution in [-0.2, 0) is 0 Å². The summed E-state index contributed by atoms with van der Waals surface area (Å²) >= 11 is 1.76. The monoisotopic (exact) mass is 174 g/mol. The Bertz CT molecular complexity index is 486. The summed E-state index contributed by atoms with van der Waals surface area (Å²) in [5, 5.41) is 11.6. The van der Waals surface area contributed by atoms with Crippen LogP contribution in [0.15, 0.2) is 29.8 Å². The molecule has 0 spiro atoms. The Morgan fingerprint density at radius 1 is 1.25 bits per heavy atom. The number of thiophene rings is 1. The molecule has 3 rings (SSSR count). The van der Waals surface area contributed by atoms with Crippen molar-refractivity contribution in [2.75, 3.05) is 0 Å². The molecule has 0 radical (unpaired) electrons. The maximum atomic E-state index is 4.01. The highest BCUT2D eigenvalue weighted by Crippen LogP contribution is 2.27. The molecule has 3 heteroatoms. The Balaban J connectivity index is 2.71. The third-order valence-electron chi connectivity index (χ3n) is 2.04. The van der Waals surface area contributed by atoms with Crippen LogP contribution in [0.4, 0.5) is 0 Å². The zero-order valence-electron chi connectivity index (χ0n) is 6.24. The summed E-state index contributed by atoms with van der Waals surface area (Å²) in [5.41, 5.74) is 1.12. The number of H-pyrrole nitrogens is 1. The van der Waals surface area contributed by atoms with Gasteiger partial charge in [-0.25, -0.2) is 0 Å². The number of hydrogen-bond acceptors (Lipinski definition) is 2. The van der Waals surface area contributed by atoms with Crippen LogP contribution >= 0.6 is 11.3 Å². The molecule has 58 valence electrons. The van der Waals surface area contributed by atoms with Crippen molar-refractivity contribution < 1.29 is 0 Å². The van der Waals surface area contributed by atoms with E-state index in [0.29, 0.717) is 0 Å². The molecule has 0 fully saturated rings. The normalized spacial score (nSPS) is 11.3. The standard InChI is InChI=1S/C9H6N2S/c1-2-8-7(5-10-11-8)9-6(1)3-4-12-9/h1-5H,(H,10,11). The van der Waals surface area contributed by atoms with Crippen molar-refractivity contribution in [3.05, 3.63) is 29.8 Å². The van der Waals surface area contributed by atoms with E-state index in [2.05, 4.69) is 33.8 Å². The summed E-state index contributed by atoms with van der Waals surface area (Å²) in [7, 11) is 0. The van der Waals surface area contributed by atoms with E-state index in [0.717, 1.165) is 5.52 Å². The molecular formula is C9H6N2S. The van der Waals surface area contributed by atoms with Gasteiger partial charge in [0.2, 0.25) is 0 Å². The molecule has 0 amide bonds. The first-order valence-electron chi connectivity index (χ1n) is 3.74. The second kappa shape index (κ2) is 2.08. The molecule has 2 heterocycles. The van der Waals surface area contributed by atoms with Crippen molar-refractivity contribution in [2.45, 2.75) is 0 Å². The van der Waals surface area contributed by atoms with Crippen LogP contribution in [0.25, 0.3) is 21.0 Å². The van der Waals surface area contributed by atoms with Gasteiger partial charge in [-0.15, -0.1) is 11.3 Å². The van der Waals surface area contributed by atoms with E-state index in [1.165, 1.54) is 15.5 Å². The molecule has 0 aliphatic carbocycles. The summed E-state index contributed by atoms with van der Waals surface area (Å²) in [6.45, 7) is 0. The average Bonchev–Trinajstić information content (AvgIpc) is 2.71. The second-order valence-electron chi connectivity index (χ2n) is 2.74. The molecule has 2 nitrogen and oxygen atoms in total. The fraction of sp³-hybridized carbons (Fsp3) is 0. The highest BCUT2D eigenvalue weighted by molar-refractivity contribution is 7.18.